The number of pyridine rings is 1. The minimum absolute atomic E-state index is 0.000890. The molecule has 3 amide bonds. The van der Waals surface area contributed by atoms with E-state index >= 15 is 0 Å². The van der Waals surface area contributed by atoms with E-state index in [-0.39, 0.29) is 36.5 Å². The number of hydrogen-bond acceptors (Lipinski definition) is 5. The molecule has 2 aliphatic heterocycles. The van der Waals surface area contributed by atoms with Gasteiger partial charge < -0.3 is 9.80 Å². The number of carbonyl (C=O) groups excluding carboxylic acids is 3. The highest BCUT2D eigenvalue weighted by atomic mass is 16.2. The van der Waals surface area contributed by atoms with Gasteiger partial charge in [0.2, 0.25) is 11.8 Å². The SMILES string of the molecule is Cc1ccc(C(=O)N2CC=CCC2)c(C2CCN(C(=O)CCC(=O)NN(C)C)CC2)n1. The maximum absolute atomic E-state index is 13.1. The Labute approximate surface area is 184 Å². The number of amides is 3. The summed E-state index contributed by atoms with van der Waals surface area (Å²) in [5.74, 6) is 0.0337. The Bertz CT molecular complexity index is 844. The molecule has 0 atom stereocenters. The van der Waals surface area contributed by atoms with E-state index < -0.39 is 0 Å². The summed E-state index contributed by atoms with van der Waals surface area (Å²) in [6.07, 6.45) is 6.95. The Morgan fingerprint density at radius 2 is 1.81 bits per heavy atom. The average Bonchev–Trinajstić information content (AvgIpc) is 2.77. The molecule has 8 nitrogen and oxygen atoms in total. The zero-order chi connectivity index (χ0) is 22.4. The van der Waals surface area contributed by atoms with Crippen molar-refractivity contribution in [3.63, 3.8) is 0 Å². The molecule has 0 unspecified atom stereocenters. The standard InChI is InChI=1S/C23H33N5O3/c1-17-7-8-19(23(31)28-13-5-4-6-14-28)22(24-17)18-11-15-27(16-12-18)21(30)10-9-20(29)25-26(2)3/h4-5,7-8,18H,6,9-16H2,1-3H3,(H,25,29). The Balaban J connectivity index is 1.61. The molecule has 0 aromatic carbocycles. The van der Waals surface area contributed by atoms with Crippen molar-refractivity contribution in [2.24, 2.45) is 0 Å². The summed E-state index contributed by atoms with van der Waals surface area (Å²) in [5, 5.41) is 1.58. The number of likely N-dealkylation sites (tertiary alicyclic amines) is 1. The first-order chi connectivity index (χ1) is 14.8. The van der Waals surface area contributed by atoms with Crippen LogP contribution in [0.1, 0.15) is 59.8 Å². The first-order valence-corrected chi connectivity index (χ1v) is 11.0. The summed E-state index contributed by atoms with van der Waals surface area (Å²) >= 11 is 0. The zero-order valence-corrected chi connectivity index (χ0v) is 18.8. The molecule has 31 heavy (non-hydrogen) atoms. The largest absolute Gasteiger partial charge is 0.343 e. The maximum atomic E-state index is 13.1. The molecule has 3 heterocycles. The number of carbonyl (C=O) groups is 3. The summed E-state index contributed by atoms with van der Waals surface area (Å²) in [7, 11) is 3.48. The van der Waals surface area contributed by atoms with Gasteiger partial charge in [-0.05, 0) is 38.3 Å². The van der Waals surface area contributed by atoms with Gasteiger partial charge in [0.05, 0.1) is 11.3 Å². The van der Waals surface area contributed by atoms with Crippen molar-refractivity contribution in [1.82, 2.24) is 25.2 Å². The Morgan fingerprint density at radius 3 is 2.45 bits per heavy atom. The van der Waals surface area contributed by atoms with Gasteiger partial charge in [-0.25, -0.2) is 5.01 Å². The van der Waals surface area contributed by atoms with E-state index in [9.17, 15) is 14.4 Å². The second-order valence-electron chi connectivity index (χ2n) is 8.48. The van der Waals surface area contributed by atoms with E-state index in [0.29, 0.717) is 25.2 Å². The number of hydrazine groups is 1. The molecule has 0 spiro atoms. The van der Waals surface area contributed by atoms with Crippen LogP contribution in [0.15, 0.2) is 24.3 Å². The molecule has 8 heteroatoms. The van der Waals surface area contributed by atoms with Crippen LogP contribution in [0.5, 0.6) is 0 Å². The third-order valence-electron chi connectivity index (χ3n) is 5.79. The smallest absolute Gasteiger partial charge is 0.256 e. The molecule has 168 valence electrons. The topological polar surface area (TPSA) is 85.8 Å². The number of nitrogens with one attached hydrogen (secondary N) is 1. The number of piperidine rings is 1. The molecule has 3 rings (SSSR count). The molecule has 1 aromatic heterocycles. The highest BCUT2D eigenvalue weighted by molar-refractivity contribution is 5.95. The van der Waals surface area contributed by atoms with Crippen molar-refractivity contribution in [3.8, 4) is 0 Å². The van der Waals surface area contributed by atoms with E-state index in [4.69, 9.17) is 4.98 Å². The van der Waals surface area contributed by atoms with Crippen LogP contribution >= 0.6 is 0 Å². The number of hydrogen-bond donors (Lipinski definition) is 1. The monoisotopic (exact) mass is 427 g/mol. The quantitative estimate of drug-likeness (QED) is 0.553. The summed E-state index contributed by atoms with van der Waals surface area (Å²) < 4.78 is 0. The van der Waals surface area contributed by atoms with E-state index in [2.05, 4.69) is 11.5 Å². The molecule has 1 N–H and O–H groups in total. The summed E-state index contributed by atoms with van der Waals surface area (Å²) in [4.78, 5) is 45.8. The fraction of sp³-hybridized carbons (Fsp3) is 0.565. The third kappa shape index (κ3) is 6.13. The number of aryl methyl sites for hydroxylation is 1. The second-order valence-corrected chi connectivity index (χ2v) is 8.48. The van der Waals surface area contributed by atoms with Crippen molar-refractivity contribution in [2.75, 3.05) is 40.3 Å². The zero-order valence-electron chi connectivity index (χ0n) is 18.8. The van der Waals surface area contributed by atoms with Gasteiger partial charge in [-0.15, -0.1) is 0 Å². The lowest BCUT2D eigenvalue weighted by atomic mass is 9.89. The first kappa shape index (κ1) is 22.9. The van der Waals surface area contributed by atoms with Gasteiger partial charge >= 0.3 is 0 Å². The lowest BCUT2D eigenvalue weighted by Crippen LogP contribution is -2.40. The molecule has 0 radical (unpaired) electrons. The van der Waals surface area contributed by atoms with Crippen LogP contribution in [-0.4, -0.2) is 77.8 Å². The lowest BCUT2D eigenvalue weighted by molar-refractivity contribution is -0.135. The van der Waals surface area contributed by atoms with Crippen LogP contribution in [0.4, 0.5) is 0 Å². The van der Waals surface area contributed by atoms with Crippen molar-refractivity contribution in [1.29, 1.82) is 0 Å². The number of aromatic nitrogens is 1. The molecule has 1 saturated heterocycles. The Morgan fingerprint density at radius 1 is 1.06 bits per heavy atom. The van der Waals surface area contributed by atoms with Crippen molar-refractivity contribution in [3.05, 3.63) is 41.2 Å². The Kier molecular flexibility index (Phi) is 7.79. The molecule has 0 saturated carbocycles. The fourth-order valence-electron chi connectivity index (χ4n) is 4.15. The van der Waals surface area contributed by atoms with Gasteiger partial charge in [-0.1, -0.05) is 12.2 Å². The van der Waals surface area contributed by atoms with Crippen molar-refractivity contribution in [2.45, 2.75) is 44.9 Å². The van der Waals surface area contributed by atoms with Crippen molar-refractivity contribution >= 4 is 17.7 Å². The van der Waals surface area contributed by atoms with Gasteiger partial charge in [0.15, 0.2) is 0 Å². The normalized spacial score (nSPS) is 17.2. The van der Waals surface area contributed by atoms with Gasteiger partial charge in [0.1, 0.15) is 0 Å². The molecular formula is C23H33N5O3. The van der Waals surface area contributed by atoms with Crippen LogP contribution in [0.3, 0.4) is 0 Å². The van der Waals surface area contributed by atoms with E-state index in [1.54, 1.807) is 19.1 Å². The van der Waals surface area contributed by atoms with Gasteiger partial charge in [0.25, 0.3) is 5.91 Å². The molecule has 0 aliphatic carbocycles. The Hall–Kier alpha value is -2.74. The molecule has 1 fully saturated rings. The van der Waals surface area contributed by atoms with E-state index in [1.165, 1.54) is 0 Å². The van der Waals surface area contributed by atoms with Gasteiger partial charge in [-0.2, -0.15) is 0 Å². The average molecular weight is 428 g/mol. The van der Waals surface area contributed by atoms with Crippen LogP contribution in [-0.2, 0) is 9.59 Å². The molecular weight excluding hydrogens is 394 g/mol. The summed E-state index contributed by atoms with van der Waals surface area (Å²) in [5.41, 5.74) is 5.10. The molecule has 1 aromatic rings. The predicted octanol–water partition coefficient (Wildman–Crippen LogP) is 1.87. The van der Waals surface area contributed by atoms with Crippen LogP contribution in [0.2, 0.25) is 0 Å². The van der Waals surface area contributed by atoms with Gasteiger partial charge in [-0.3, -0.25) is 24.8 Å². The lowest BCUT2D eigenvalue weighted by Gasteiger charge is -2.33. The first-order valence-electron chi connectivity index (χ1n) is 11.0. The molecule has 0 bridgehead atoms. The minimum Gasteiger partial charge on any atom is -0.343 e. The molecule has 2 aliphatic rings. The predicted molar refractivity (Wildman–Crippen MR) is 118 cm³/mol. The highest BCUT2D eigenvalue weighted by Crippen LogP contribution is 2.30. The maximum Gasteiger partial charge on any atom is 0.256 e. The number of rotatable bonds is 6. The van der Waals surface area contributed by atoms with Gasteiger partial charge in [0, 0.05) is 64.7 Å². The highest BCUT2D eigenvalue weighted by Gasteiger charge is 2.29. The van der Waals surface area contributed by atoms with Crippen LogP contribution in [0.25, 0.3) is 0 Å². The van der Waals surface area contributed by atoms with E-state index in [0.717, 1.165) is 37.2 Å². The number of nitrogens with zero attached hydrogens (tertiary/aromatic N) is 4. The second kappa shape index (κ2) is 10.5. The summed E-state index contributed by atoms with van der Waals surface area (Å²) in [6, 6.07) is 3.80. The van der Waals surface area contributed by atoms with Crippen molar-refractivity contribution < 1.29 is 14.4 Å². The third-order valence-corrected chi connectivity index (χ3v) is 5.79. The van der Waals surface area contributed by atoms with E-state index in [1.807, 2.05) is 34.9 Å². The van der Waals surface area contributed by atoms with Crippen LogP contribution < -0.4 is 5.43 Å². The van der Waals surface area contributed by atoms with Crippen LogP contribution in [0, 0.1) is 6.92 Å². The summed E-state index contributed by atoms with van der Waals surface area (Å²) in [6.45, 7) is 4.55. The fourth-order valence-corrected chi connectivity index (χ4v) is 4.15. The minimum atomic E-state index is -0.159.